The normalized spacial score (nSPS) is 25.6. The van der Waals surface area contributed by atoms with E-state index < -0.39 is 12.6 Å². The predicted molar refractivity (Wildman–Crippen MR) is 141 cm³/mol. The van der Waals surface area contributed by atoms with Crippen molar-refractivity contribution < 1.29 is 22.8 Å². The summed E-state index contributed by atoms with van der Waals surface area (Å²) in [4.78, 5) is 28.5. The summed E-state index contributed by atoms with van der Waals surface area (Å²) < 4.78 is 42.9. The zero-order chi connectivity index (χ0) is 27.8. The maximum Gasteiger partial charge on any atom is 0.282 e. The van der Waals surface area contributed by atoms with Crippen LogP contribution in [0.2, 0.25) is 0 Å². The molecular weight excluding hydrogens is 543 g/mol. The highest BCUT2D eigenvalue weighted by atomic mass is 32.1. The van der Waals surface area contributed by atoms with Gasteiger partial charge in [0.15, 0.2) is 0 Å². The number of carbonyl (C=O) groups excluding carboxylic acids is 2. The fourth-order valence-corrected chi connectivity index (χ4v) is 7.56. The quantitative estimate of drug-likeness (QED) is 0.370. The van der Waals surface area contributed by atoms with Crippen molar-refractivity contribution in [3.8, 4) is 0 Å². The number of hydrogen-bond donors (Lipinski definition) is 2. The van der Waals surface area contributed by atoms with Crippen LogP contribution in [0, 0.1) is 17.3 Å². The zero-order valence-electron chi connectivity index (χ0n) is 22.0. The molecule has 4 atom stereocenters. The molecule has 4 aliphatic carbocycles. The van der Waals surface area contributed by atoms with E-state index in [4.69, 9.17) is 0 Å². The Bertz CT molecular complexity index is 1490. The fourth-order valence-electron chi connectivity index (χ4n) is 6.21. The van der Waals surface area contributed by atoms with Crippen LogP contribution in [-0.4, -0.2) is 49.0 Å². The Balaban J connectivity index is 1.14. The number of halogens is 3. The minimum absolute atomic E-state index is 0.0886. The zero-order valence-corrected chi connectivity index (χ0v) is 22.8. The Morgan fingerprint density at radius 3 is 2.77 bits per heavy atom. The Morgan fingerprint density at radius 2 is 2.10 bits per heavy atom. The van der Waals surface area contributed by atoms with Gasteiger partial charge in [-0.05, 0) is 55.9 Å². The highest BCUT2D eigenvalue weighted by molar-refractivity contribution is 7.12. The SMILES string of the molecule is Cn1nc(C(F)F)cc1Nc1nncn1[C@H]1CCc2sc(CC(=O)[C@H]3CC34CC4)c(C(=O)NC[C@@H]3C[C@@H]3F)c2C1. The Hall–Kier alpha value is -3.22. The summed E-state index contributed by atoms with van der Waals surface area (Å²) in [6.07, 6.45) is 4.02. The second kappa shape index (κ2) is 9.42. The Kier molecular flexibility index (Phi) is 6.06. The largest absolute Gasteiger partial charge is 0.352 e. The summed E-state index contributed by atoms with van der Waals surface area (Å²) in [5.74, 6) is 0.709. The van der Waals surface area contributed by atoms with Gasteiger partial charge in [-0.25, -0.2) is 13.2 Å². The van der Waals surface area contributed by atoms with Gasteiger partial charge in [-0.3, -0.25) is 18.8 Å². The first-order chi connectivity index (χ1) is 19.2. The molecular formula is C27H30F3N7O2S. The van der Waals surface area contributed by atoms with Gasteiger partial charge < -0.3 is 10.6 Å². The van der Waals surface area contributed by atoms with E-state index in [-0.39, 0.29) is 53.6 Å². The highest BCUT2D eigenvalue weighted by Gasteiger charge is 2.65. The number of aryl methyl sites for hydroxylation is 2. The Labute approximate surface area is 232 Å². The second-order valence-electron chi connectivity index (χ2n) is 11.7. The standard InChI is InChI=1S/C27H30F3N7O2S/c1-36-22(8-18(35-36)24(29)30)33-26-34-32-12-37(26)14-2-3-20-15(7-14)23(25(39)31-11-13-6-17(13)28)21(40-20)9-19(38)16-10-27(16)4-5-27/h8,12-14,16-17,24H,2-7,9-11H2,1H3,(H,31,39)(H,33,34)/t13-,14-,16+,17-/m0/s1. The third-order valence-corrected chi connectivity index (χ3v) is 10.3. The van der Waals surface area contributed by atoms with E-state index in [9.17, 15) is 22.8 Å². The molecule has 2 N–H and O–H groups in total. The number of aromatic nitrogens is 5. The third-order valence-electron chi connectivity index (χ3n) is 9.03. The van der Waals surface area contributed by atoms with E-state index in [0.717, 1.165) is 47.4 Å². The summed E-state index contributed by atoms with van der Waals surface area (Å²) in [6.45, 7) is 0.290. The number of Topliss-reactive ketones (excluding diaryl/α,β-unsaturated/α-hetero) is 1. The van der Waals surface area contributed by atoms with Crippen molar-refractivity contribution in [2.24, 2.45) is 24.3 Å². The second-order valence-corrected chi connectivity index (χ2v) is 12.9. The molecule has 0 unspecified atom stereocenters. The number of rotatable bonds is 10. The number of hydrogen-bond acceptors (Lipinski definition) is 7. The number of amides is 1. The lowest BCUT2D eigenvalue weighted by molar-refractivity contribution is -0.119. The molecule has 0 aromatic carbocycles. The van der Waals surface area contributed by atoms with Gasteiger partial charge in [0, 0.05) is 53.7 Å². The molecule has 1 spiro atoms. The smallest absolute Gasteiger partial charge is 0.282 e. The van der Waals surface area contributed by atoms with Gasteiger partial charge in [0.05, 0.1) is 5.56 Å². The number of nitrogens with one attached hydrogen (secondary N) is 2. The Morgan fingerprint density at radius 1 is 1.30 bits per heavy atom. The first-order valence-corrected chi connectivity index (χ1v) is 14.6. The lowest BCUT2D eigenvalue weighted by Crippen LogP contribution is -2.29. The van der Waals surface area contributed by atoms with Gasteiger partial charge in [-0.2, -0.15) is 5.10 Å². The van der Waals surface area contributed by atoms with Crippen LogP contribution in [0.1, 0.15) is 75.9 Å². The molecule has 3 fully saturated rings. The molecule has 1 amide bonds. The van der Waals surface area contributed by atoms with Crippen molar-refractivity contribution in [3.63, 3.8) is 0 Å². The summed E-state index contributed by atoms with van der Waals surface area (Å²) in [5.41, 5.74) is 1.41. The molecule has 0 radical (unpaired) electrons. The van der Waals surface area contributed by atoms with Crippen molar-refractivity contribution in [2.45, 2.75) is 70.0 Å². The number of anilines is 2. The predicted octanol–water partition coefficient (Wildman–Crippen LogP) is 4.48. The van der Waals surface area contributed by atoms with Gasteiger partial charge in [0.25, 0.3) is 12.3 Å². The molecule has 40 heavy (non-hydrogen) atoms. The monoisotopic (exact) mass is 573 g/mol. The average molecular weight is 574 g/mol. The number of carbonyl (C=O) groups is 2. The molecule has 3 saturated carbocycles. The molecule has 4 aliphatic rings. The number of nitrogens with zero attached hydrogens (tertiary/aromatic N) is 5. The van der Waals surface area contributed by atoms with Crippen molar-refractivity contribution >= 4 is 34.8 Å². The lowest BCUT2D eigenvalue weighted by atomic mass is 9.89. The maximum absolute atomic E-state index is 13.5. The van der Waals surface area contributed by atoms with E-state index in [1.165, 1.54) is 10.7 Å². The molecule has 9 nitrogen and oxygen atoms in total. The molecule has 0 aliphatic heterocycles. The van der Waals surface area contributed by atoms with Crippen LogP contribution in [0.3, 0.4) is 0 Å². The number of ketones is 1. The van der Waals surface area contributed by atoms with E-state index in [1.807, 2.05) is 4.57 Å². The topological polar surface area (TPSA) is 107 Å². The van der Waals surface area contributed by atoms with Gasteiger partial charge in [-0.15, -0.1) is 21.5 Å². The van der Waals surface area contributed by atoms with Crippen molar-refractivity contribution in [1.82, 2.24) is 29.9 Å². The number of fused-ring (bicyclic) bond motifs is 1. The fraction of sp³-hybridized carbons (Fsp3) is 0.593. The van der Waals surface area contributed by atoms with E-state index >= 15 is 0 Å². The van der Waals surface area contributed by atoms with E-state index in [2.05, 4.69) is 25.9 Å². The van der Waals surface area contributed by atoms with Gasteiger partial charge in [-0.1, -0.05) is 0 Å². The molecule has 13 heteroatoms. The number of alkyl halides is 3. The van der Waals surface area contributed by atoms with Crippen LogP contribution in [0.25, 0.3) is 0 Å². The maximum atomic E-state index is 13.5. The van der Waals surface area contributed by atoms with Gasteiger partial charge in [0.1, 0.15) is 29.8 Å². The molecule has 7 rings (SSSR count). The minimum atomic E-state index is -2.69. The van der Waals surface area contributed by atoms with Gasteiger partial charge >= 0.3 is 0 Å². The summed E-state index contributed by atoms with van der Waals surface area (Å²) in [5, 5.41) is 18.0. The van der Waals surface area contributed by atoms with Crippen LogP contribution >= 0.6 is 11.3 Å². The first kappa shape index (κ1) is 25.7. The summed E-state index contributed by atoms with van der Waals surface area (Å²) in [6, 6.07) is 1.19. The first-order valence-electron chi connectivity index (χ1n) is 13.8. The van der Waals surface area contributed by atoms with Crippen LogP contribution in [0.15, 0.2) is 12.4 Å². The molecule has 3 aromatic rings. The van der Waals surface area contributed by atoms with Crippen molar-refractivity contribution in [1.29, 1.82) is 0 Å². The van der Waals surface area contributed by atoms with Crippen LogP contribution in [-0.2, 0) is 31.1 Å². The third kappa shape index (κ3) is 4.61. The van der Waals surface area contributed by atoms with E-state index in [0.29, 0.717) is 30.2 Å². The van der Waals surface area contributed by atoms with Crippen LogP contribution in [0.5, 0.6) is 0 Å². The molecule has 3 aromatic heterocycles. The minimum Gasteiger partial charge on any atom is -0.352 e. The van der Waals surface area contributed by atoms with Crippen LogP contribution < -0.4 is 10.6 Å². The highest BCUT2D eigenvalue weighted by Crippen LogP contribution is 2.71. The summed E-state index contributed by atoms with van der Waals surface area (Å²) >= 11 is 1.55. The number of thiophene rings is 1. The molecule has 0 bridgehead atoms. The van der Waals surface area contributed by atoms with Crippen molar-refractivity contribution in [3.05, 3.63) is 39.0 Å². The van der Waals surface area contributed by atoms with E-state index in [1.54, 1.807) is 24.7 Å². The molecule has 3 heterocycles. The molecule has 0 saturated heterocycles. The average Bonchev–Trinajstić information content (AvgIpc) is 3.86. The molecule has 212 valence electrons. The van der Waals surface area contributed by atoms with Gasteiger partial charge in [0.2, 0.25) is 5.95 Å². The van der Waals surface area contributed by atoms with Crippen molar-refractivity contribution in [2.75, 3.05) is 11.9 Å². The lowest BCUT2D eigenvalue weighted by Gasteiger charge is -2.25. The summed E-state index contributed by atoms with van der Waals surface area (Å²) in [7, 11) is 1.57. The van der Waals surface area contributed by atoms with Crippen LogP contribution in [0.4, 0.5) is 24.9 Å².